The molecule has 0 saturated heterocycles. The van der Waals surface area contributed by atoms with Crippen LogP contribution >= 0.6 is 22.9 Å². The first kappa shape index (κ1) is 14.9. The molecular formula is C17H21ClN2S. The average Bonchev–Trinajstić information content (AvgIpc) is 2.80. The number of benzene rings is 1. The van der Waals surface area contributed by atoms with Crippen molar-refractivity contribution in [3.8, 4) is 0 Å². The number of fused-ring (bicyclic) bond motifs is 1. The van der Waals surface area contributed by atoms with Gasteiger partial charge in [-0.1, -0.05) is 23.7 Å². The van der Waals surface area contributed by atoms with Gasteiger partial charge in [-0.2, -0.15) is 0 Å². The second-order valence-corrected chi connectivity index (χ2v) is 7.72. The summed E-state index contributed by atoms with van der Waals surface area (Å²) in [5, 5.41) is 3.69. The normalized spacial score (nSPS) is 17.8. The molecule has 4 heteroatoms. The number of thiophene rings is 1. The average molecular weight is 321 g/mol. The molecule has 21 heavy (non-hydrogen) atoms. The van der Waals surface area contributed by atoms with E-state index in [0.29, 0.717) is 6.04 Å². The smallest absolute Gasteiger partial charge is 0.0934 e. The van der Waals surface area contributed by atoms with Crippen molar-refractivity contribution < 1.29 is 0 Å². The fourth-order valence-electron chi connectivity index (χ4n) is 3.00. The minimum absolute atomic E-state index is 0.395. The number of hydrogen-bond donors (Lipinski definition) is 1. The maximum absolute atomic E-state index is 6.19. The first-order valence-corrected chi connectivity index (χ1v) is 8.59. The minimum Gasteiger partial charge on any atom is -0.378 e. The molecule has 1 heterocycles. The topological polar surface area (TPSA) is 15.3 Å². The molecule has 0 amide bonds. The van der Waals surface area contributed by atoms with E-state index in [1.807, 2.05) is 0 Å². The van der Waals surface area contributed by atoms with Crippen molar-refractivity contribution >= 4 is 28.6 Å². The number of hydrogen-bond acceptors (Lipinski definition) is 3. The van der Waals surface area contributed by atoms with Crippen molar-refractivity contribution in [3.63, 3.8) is 0 Å². The molecule has 1 aliphatic rings. The molecule has 1 aliphatic carbocycles. The van der Waals surface area contributed by atoms with Crippen LogP contribution in [0, 0.1) is 0 Å². The molecule has 0 radical (unpaired) electrons. The van der Waals surface area contributed by atoms with Gasteiger partial charge in [-0.15, -0.1) is 11.3 Å². The summed E-state index contributed by atoms with van der Waals surface area (Å²) >= 11 is 7.92. The predicted molar refractivity (Wildman–Crippen MR) is 92.5 cm³/mol. The Bertz CT molecular complexity index is 621. The van der Waals surface area contributed by atoms with Crippen LogP contribution in [0.15, 0.2) is 30.3 Å². The predicted octanol–water partition coefficient (Wildman–Crippen LogP) is 4.95. The summed E-state index contributed by atoms with van der Waals surface area (Å²) in [6.07, 6.45) is 3.59. The van der Waals surface area contributed by atoms with E-state index in [0.717, 1.165) is 10.9 Å². The third kappa shape index (κ3) is 3.60. The maximum Gasteiger partial charge on any atom is 0.0934 e. The van der Waals surface area contributed by atoms with Crippen LogP contribution in [0.2, 0.25) is 4.34 Å². The highest BCUT2D eigenvalue weighted by Gasteiger charge is 2.22. The molecule has 0 saturated carbocycles. The van der Waals surface area contributed by atoms with Crippen LogP contribution in [-0.2, 0) is 13.0 Å². The first-order valence-electron chi connectivity index (χ1n) is 7.40. The quantitative estimate of drug-likeness (QED) is 0.857. The lowest BCUT2D eigenvalue weighted by Crippen LogP contribution is -2.16. The van der Waals surface area contributed by atoms with Crippen LogP contribution in [0.5, 0.6) is 0 Å². The molecule has 1 aromatic heterocycles. The standard InChI is InChI=1S/C17H21ClN2S/c1-20(2)11-12-5-3-6-13(9-12)19-15-7-4-8-16-14(15)10-17(18)21-16/h3,5-6,9-10,15,19H,4,7-8,11H2,1-2H3. The SMILES string of the molecule is CN(C)Cc1cccc(NC2CCCc3sc(Cl)cc32)c1. The van der Waals surface area contributed by atoms with Gasteiger partial charge in [0, 0.05) is 17.1 Å². The number of rotatable bonds is 4. The Morgan fingerprint density at radius 3 is 3.00 bits per heavy atom. The highest BCUT2D eigenvalue weighted by molar-refractivity contribution is 7.16. The Hall–Kier alpha value is -1.03. The van der Waals surface area contributed by atoms with Gasteiger partial charge in [-0.25, -0.2) is 0 Å². The van der Waals surface area contributed by atoms with Crippen molar-refractivity contribution in [1.29, 1.82) is 0 Å². The van der Waals surface area contributed by atoms with Gasteiger partial charge in [0.25, 0.3) is 0 Å². The lowest BCUT2D eigenvalue weighted by atomic mass is 9.94. The number of aryl methyl sites for hydroxylation is 1. The van der Waals surface area contributed by atoms with E-state index >= 15 is 0 Å². The largest absolute Gasteiger partial charge is 0.378 e. The van der Waals surface area contributed by atoms with Gasteiger partial charge in [-0.3, -0.25) is 0 Å². The Morgan fingerprint density at radius 2 is 2.19 bits per heavy atom. The highest BCUT2D eigenvalue weighted by Crippen LogP contribution is 2.39. The van der Waals surface area contributed by atoms with Gasteiger partial charge < -0.3 is 10.2 Å². The zero-order valence-corrected chi connectivity index (χ0v) is 14.1. The molecule has 0 bridgehead atoms. The molecular weight excluding hydrogens is 300 g/mol. The first-order chi connectivity index (χ1) is 10.1. The summed E-state index contributed by atoms with van der Waals surface area (Å²) in [6, 6.07) is 11.3. The third-order valence-electron chi connectivity index (χ3n) is 3.85. The van der Waals surface area contributed by atoms with Gasteiger partial charge in [0.2, 0.25) is 0 Å². The van der Waals surface area contributed by atoms with Crippen LogP contribution in [0.4, 0.5) is 5.69 Å². The molecule has 2 nitrogen and oxygen atoms in total. The van der Waals surface area contributed by atoms with Crippen molar-refractivity contribution in [2.45, 2.75) is 31.8 Å². The number of halogens is 1. The Kier molecular flexibility index (Phi) is 4.53. The van der Waals surface area contributed by atoms with E-state index in [2.05, 4.69) is 54.6 Å². The Labute approximate surface area is 135 Å². The monoisotopic (exact) mass is 320 g/mol. The number of anilines is 1. The summed E-state index contributed by atoms with van der Waals surface area (Å²) in [4.78, 5) is 3.64. The van der Waals surface area contributed by atoms with Crippen LogP contribution < -0.4 is 5.32 Å². The van der Waals surface area contributed by atoms with Crippen molar-refractivity contribution in [2.24, 2.45) is 0 Å². The highest BCUT2D eigenvalue weighted by atomic mass is 35.5. The molecule has 1 N–H and O–H groups in total. The van der Waals surface area contributed by atoms with Gasteiger partial charge >= 0.3 is 0 Å². The molecule has 1 unspecified atom stereocenters. The maximum atomic E-state index is 6.19. The molecule has 1 atom stereocenters. The van der Waals surface area contributed by atoms with Crippen molar-refractivity contribution in [2.75, 3.05) is 19.4 Å². The van der Waals surface area contributed by atoms with Gasteiger partial charge in [0.15, 0.2) is 0 Å². The number of nitrogens with zero attached hydrogens (tertiary/aromatic N) is 1. The van der Waals surface area contributed by atoms with Crippen LogP contribution in [0.1, 0.15) is 34.9 Å². The van der Waals surface area contributed by atoms with Gasteiger partial charge in [0.1, 0.15) is 0 Å². The van der Waals surface area contributed by atoms with E-state index in [1.165, 1.54) is 41.0 Å². The molecule has 1 aromatic carbocycles. The minimum atomic E-state index is 0.395. The molecule has 0 fully saturated rings. The lowest BCUT2D eigenvalue weighted by molar-refractivity contribution is 0.402. The molecule has 2 aromatic rings. The Morgan fingerprint density at radius 1 is 1.33 bits per heavy atom. The molecule has 3 rings (SSSR count). The van der Waals surface area contributed by atoms with E-state index in [4.69, 9.17) is 11.6 Å². The summed E-state index contributed by atoms with van der Waals surface area (Å²) in [7, 11) is 4.20. The van der Waals surface area contributed by atoms with E-state index in [-0.39, 0.29) is 0 Å². The van der Waals surface area contributed by atoms with E-state index < -0.39 is 0 Å². The molecule has 0 spiro atoms. The van der Waals surface area contributed by atoms with Crippen LogP contribution in [-0.4, -0.2) is 19.0 Å². The summed E-state index contributed by atoms with van der Waals surface area (Å²) < 4.78 is 0.912. The van der Waals surface area contributed by atoms with Crippen LogP contribution in [0.3, 0.4) is 0 Å². The zero-order chi connectivity index (χ0) is 14.8. The fourth-order valence-corrected chi connectivity index (χ4v) is 4.38. The summed E-state index contributed by atoms with van der Waals surface area (Å²) in [5.41, 5.74) is 3.94. The second kappa shape index (κ2) is 6.39. The van der Waals surface area contributed by atoms with Crippen molar-refractivity contribution in [3.05, 3.63) is 50.7 Å². The molecule has 112 valence electrons. The molecule has 0 aliphatic heterocycles. The van der Waals surface area contributed by atoms with Gasteiger partial charge in [0.05, 0.1) is 10.4 Å². The van der Waals surface area contributed by atoms with E-state index in [9.17, 15) is 0 Å². The third-order valence-corrected chi connectivity index (χ3v) is 5.19. The Balaban J connectivity index is 1.78. The van der Waals surface area contributed by atoms with Crippen molar-refractivity contribution in [1.82, 2.24) is 4.90 Å². The summed E-state index contributed by atoms with van der Waals surface area (Å²) in [5.74, 6) is 0. The lowest BCUT2D eigenvalue weighted by Gasteiger charge is -2.25. The van der Waals surface area contributed by atoms with Gasteiger partial charge in [-0.05, 0) is 62.7 Å². The van der Waals surface area contributed by atoms with E-state index in [1.54, 1.807) is 11.3 Å². The zero-order valence-electron chi connectivity index (χ0n) is 12.5. The number of nitrogens with one attached hydrogen (secondary N) is 1. The fraction of sp³-hybridized carbons (Fsp3) is 0.412. The van der Waals surface area contributed by atoms with Crippen LogP contribution in [0.25, 0.3) is 0 Å². The second-order valence-electron chi connectivity index (χ2n) is 5.96. The summed E-state index contributed by atoms with van der Waals surface area (Å²) in [6.45, 7) is 0.968.